The summed E-state index contributed by atoms with van der Waals surface area (Å²) in [5, 5.41) is 12.0. The molecular weight excluding hydrogens is 338 g/mol. The van der Waals surface area contributed by atoms with Gasteiger partial charge in [0, 0.05) is 37.9 Å². The average molecular weight is 360 g/mol. The Bertz CT molecular complexity index is 708. The molecular formula is C19H22ClN3O2. The number of carbonyl (C=O) groups excluding carboxylic acids is 1. The zero-order valence-electron chi connectivity index (χ0n) is 13.9. The second kappa shape index (κ2) is 9.32. The first-order chi connectivity index (χ1) is 11.8. The molecule has 0 atom stereocenters. The molecule has 3 rings (SSSR count). The van der Waals surface area contributed by atoms with Crippen molar-refractivity contribution in [3.8, 4) is 11.1 Å². The van der Waals surface area contributed by atoms with Crippen LogP contribution in [0.4, 0.5) is 5.82 Å². The van der Waals surface area contributed by atoms with E-state index in [1.807, 2.05) is 30.5 Å². The first-order valence-electron chi connectivity index (χ1n) is 8.10. The third-order valence-corrected chi connectivity index (χ3v) is 4.05. The zero-order valence-corrected chi connectivity index (χ0v) is 14.7. The summed E-state index contributed by atoms with van der Waals surface area (Å²) in [7, 11) is 0. The number of aliphatic hydroxyl groups is 1. The summed E-state index contributed by atoms with van der Waals surface area (Å²) in [5.41, 5.74) is 3.07. The maximum absolute atomic E-state index is 11.1. The summed E-state index contributed by atoms with van der Waals surface area (Å²) in [6.45, 7) is 3.51. The molecule has 1 aliphatic rings. The van der Waals surface area contributed by atoms with Gasteiger partial charge >= 0.3 is 0 Å². The molecule has 0 unspecified atom stereocenters. The van der Waals surface area contributed by atoms with Crippen LogP contribution in [0.25, 0.3) is 17.2 Å². The van der Waals surface area contributed by atoms with Crippen molar-refractivity contribution in [1.82, 2.24) is 10.3 Å². The van der Waals surface area contributed by atoms with Crippen LogP contribution in [0, 0.1) is 0 Å². The monoisotopic (exact) mass is 359 g/mol. The summed E-state index contributed by atoms with van der Waals surface area (Å²) in [4.78, 5) is 18.0. The first kappa shape index (κ1) is 19.1. The smallest absolute Gasteiger partial charge is 0.181 e. The van der Waals surface area contributed by atoms with E-state index >= 15 is 0 Å². The number of ketones is 1. The molecule has 25 heavy (non-hydrogen) atoms. The molecule has 0 radical (unpaired) electrons. The number of carbonyl (C=O) groups is 1. The van der Waals surface area contributed by atoms with E-state index in [9.17, 15) is 4.79 Å². The van der Waals surface area contributed by atoms with Gasteiger partial charge in [-0.1, -0.05) is 30.3 Å². The van der Waals surface area contributed by atoms with Gasteiger partial charge in [0.1, 0.15) is 12.4 Å². The topological polar surface area (TPSA) is 65.5 Å². The van der Waals surface area contributed by atoms with Gasteiger partial charge in [0.05, 0.1) is 0 Å². The number of anilines is 1. The van der Waals surface area contributed by atoms with Crippen LogP contribution in [0.3, 0.4) is 0 Å². The molecule has 0 aliphatic carbocycles. The van der Waals surface area contributed by atoms with Crippen LogP contribution in [0.2, 0.25) is 0 Å². The predicted octanol–water partition coefficient (Wildman–Crippen LogP) is 2.15. The van der Waals surface area contributed by atoms with Crippen molar-refractivity contribution in [2.45, 2.75) is 0 Å². The highest BCUT2D eigenvalue weighted by atomic mass is 35.5. The Balaban J connectivity index is 0.00000225. The number of hydrogen-bond donors (Lipinski definition) is 2. The Morgan fingerprint density at radius 2 is 1.80 bits per heavy atom. The molecule has 0 bridgehead atoms. The number of pyridine rings is 1. The lowest BCUT2D eigenvalue weighted by Crippen LogP contribution is -2.43. The number of nitrogens with zero attached hydrogens (tertiary/aromatic N) is 2. The molecule has 1 fully saturated rings. The average Bonchev–Trinajstić information content (AvgIpc) is 2.67. The molecule has 1 aliphatic heterocycles. The minimum atomic E-state index is -0.459. The quantitative estimate of drug-likeness (QED) is 0.801. The lowest BCUT2D eigenvalue weighted by atomic mass is 10.1. The maximum atomic E-state index is 11.1. The number of aliphatic hydroxyl groups excluding tert-OH is 1. The molecule has 2 aromatic rings. The van der Waals surface area contributed by atoms with Crippen LogP contribution < -0.4 is 10.2 Å². The van der Waals surface area contributed by atoms with Gasteiger partial charge in [-0.2, -0.15) is 0 Å². The van der Waals surface area contributed by atoms with E-state index in [1.165, 1.54) is 6.08 Å². The van der Waals surface area contributed by atoms with Crippen molar-refractivity contribution in [3.05, 3.63) is 54.2 Å². The van der Waals surface area contributed by atoms with Crippen LogP contribution in [0.15, 0.2) is 48.7 Å². The minimum absolute atomic E-state index is 0. The highest BCUT2D eigenvalue weighted by molar-refractivity contribution is 5.94. The second-order valence-electron chi connectivity index (χ2n) is 5.72. The maximum Gasteiger partial charge on any atom is 0.181 e. The molecule has 1 aromatic carbocycles. The Kier molecular flexibility index (Phi) is 7.13. The Hall–Kier alpha value is -2.21. The van der Waals surface area contributed by atoms with Crippen LogP contribution in [-0.4, -0.2) is 48.7 Å². The SMILES string of the molecule is Cl.O=C(/C=C/c1ccc(-c2ccc(N3CCNCC3)nc2)cc1)CO. The van der Waals surface area contributed by atoms with Gasteiger partial charge in [-0.15, -0.1) is 12.4 Å². The molecule has 0 saturated carbocycles. The third-order valence-electron chi connectivity index (χ3n) is 4.05. The van der Waals surface area contributed by atoms with E-state index in [2.05, 4.69) is 27.3 Å². The number of benzene rings is 1. The molecule has 6 heteroatoms. The molecule has 2 heterocycles. The summed E-state index contributed by atoms with van der Waals surface area (Å²) < 4.78 is 0. The van der Waals surface area contributed by atoms with Crippen molar-refractivity contribution in [1.29, 1.82) is 0 Å². The fraction of sp³-hybridized carbons (Fsp3) is 0.263. The van der Waals surface area contributed by atoms with Crippen LogP contribution in [-0.2, 0) is 4.79 Å². The molecule has 0 amide bonds. The molecule has 0 spiro atoms. The van der Waals surface area contributed by atoms with Gasteiger partial charge < -0.3 is 15.3 Å². The largest absolute Gasteiger partial charge is 0.388 e. The number of halogens is 1. The molecule has 2 N–H and O–H groups in total. The van der Waals surface area contributed by atoms with E-state index in [1.54, 1.807) is 6.08 Å². The number of aromatic nitrogens is 1. The second-order valence-corrected chi connectivity index (χ2v) is 5.72. The van der Waals surface area contributed by atoms with E-state index in [-0.39, 0.29) is 18.2 Å². The lowest BCUT2D eigenvalue weighted by molar-refractivity contribution is -0.117. The van der Waals surface area contributed by atoms with Crippen molar-refractivity contribution >= 4 is 30.1 Å². The lowest BCUT2D eigenvalue weighted by Gasteiger charge is -2.28. The van der Waals surface area contributed by atoms with Gasteiger partial charge in [0.15, 0.2) is 5.78 Å². The molecule has 132 valence electrons. The van der Waals surface area contributed by atoms with Gasteiger partial charge in [-0.05, 0) is 29.3 Å². The standard InChI is InChI=1S/C19H21N3O2.ClH/c23-14-18(24)7-3-15-1-4-16(5-2-15)17-6-8-19(21-13-17)22-11-9-20-10-12-22;/h1-8,13,20,23H,9-12,14H2;1H/b7-3+;. The van der Waals surface area contributed by atoms with Gasteiger partial charge in [0.2, 0.25) is 0 Å². The predicted molar refractivity (Wildman–Crippen MR) is 103 cm³/mol. The number of rotatable bonds is 5. The Morgan fingerprint density at radius 3 is 2.40 bits per heavy atom. The summed E-state index contributed by atoms with van der Waals surface area (Å²) >= 11 is 0. The van der Waals surface area contributed by atoms with Crippen LogP contribution in [0.1, 0.15) is 5.56 Å². The highest BCUT2D eigenvalue weighted by Crippen LogP contribution is 2.22. The summed E-state index contributed by atoms with van der Waals surface area (Å²) in [6.07, 6.45) is 4.99. The van der Waals surface area contributed by atoms with Gasteiger partial charge in [-0.3, -0.25) is 4.79 Å². The van der Waals surface area contributed by atoms with Crippen molar-refractivity contribution in [3.63, 3.8) is 0 Å². The van der Waals surface area contributed by atoms with E-state index in [0.29, 0.717) is 0 Å². The molecule has 5 nitrogen and oxygen atoms in total. The third kappa shape index (κ3) is 5.13. The first-order valence-corrected chi connectivity index (χ1v) is 8.10. The van der Waals surface area contributed by atoms with Crippen molar-refractivity contribution in [2.75, 3.05) is 37.7 Å². The van der Waals surface area contributed by atoms with Gasteiger partial charge in [-0.25, -0.2) is 4.98 Å². The van der Waals surface area contributed by atoms with E-state index in [0.717, 1.165) is 48.7 Å². The normalized spacial score (nSPS) is 14.4. The fourth-order valence-corrected chi connectivity index (χ4v) is 2.67. The zero-order chi connectivity index (χ0) is 16.8. The van der Waals surface area contributed by atoms with Crippen LogP contribution in [0.5, 0.6) is 0 Å². The van der Waals surface area contributed by atoms with E-state index < -0.39 is 6.61 Å². The van der Waals surface area contributed by atoms with Crippen molar-refractivity contribution in [2.24, 2.45) is 0 Å². The minimum Gasteiger partial charge on any atom is -0.388 e. The van der Waals surface area contributed by atoms with Crippen molar-refractivity contribution < 1.29 is 9.90 Å². The number of piperazine rings is 1. The summed E-state index contributed by atoms with van der Waals surface area (Å²) in [6, 6.07) is 12.1. The Morgan fingerprint density at radius 1 is 1.12 bits per heavy atom. The number of nitrogens with one attached hydrogen (secondary N) is 1. The summed E-state index contributed by atoms with van der Waals surface area (Å²) in [5.74, 6) is 0.717. The number of hydrogen-bond acceptors (Lipinski definition) is 5. The molecule has 1 aromatic heterocycles. The highest BCUT2D eigenvalue weighted by Gasteiger charge is 2.11. The molecule has 1 saturated heterocycles. The van der Waals surface area contributed by atoms with E-state index in [4.69, 9.17) is 5.11 Å². The van der Waals surface area contributed by atoms with Gasteiger partial charge in [0.25, 0.3) is 0 Å². The van der Waals surface area contributed by atoms with Crippen LogP contribution >= 0.6 is 12.4 Å². The Labute approximate surface area is 153 Å². The fourth-order valence-electron chi connectivity index (χ4n) is 2.67.